The lowest BCUT2D eigenvalue weighted by atomic mass is 9.96. The number of carbonyl (C=O) groups is 1. The van der Waals surface area contributed by atoms with Gasteiger partial charge >= 0.3 is 0 Å². The number of anilines is 1. The van der Waals surface area contributed by atoms with E-state index in [0.717, 1.165) is 40.2 Å². The molecule has 0 radical (unpaired) electrons. The number of methoxy groups -OCH3 is 1. The van der Waals surface area contributed by atoms with Crippen LogP contribution in [0.25, 0.3) is 11.1 Å². The van der Waals surface area contributed by atoms with Crippen LogP contribution in [0.2, 0.25) is 0 Å². The molecule has 1 fully saturated rings. The summed E-state index contributed by atoms with van der Waals surface area (Å²) in [4.78, 5) is 23.3. The highest BCUT2D eigenvalue weighted by molar-refractivity contribution is 7.15. The number of rotatable bonds is 4. The third kappa shape index (κ3) is 3.82. The zero-order valence-corrected chi connectivity index (χ0v) is 18.3. The molecule has 0 unspecified atom stereocenters. The summed E-state index contributed by atoms with van der Waals surface area (Å²) in [5, 5.41) is 3.55. The fraction of sp³-hybridized carbons (Fsp3) is 0.348. The van der Waals surface area contributed by atoms with Crippen molar-refractivity contribution in [1.29, 1.82) is 0 Å². The number of nitrogens with one attached hydrogen (secondary N) is 1. The van der Waals surface area contributed by atoms with Crippen LogP contribution in [0.4, 0.5) is 5.13 Å². The monoisotopic (exact) mass is 437 g/mol. The molecule has 1 aromatic carbocycles. The number of nitrogens with zero attached hydrogens (tertiary/aromatic N) is 2. The molecule has 160 valence electrons. The number of aryl methyl sites for hydroxylation is 2. The Morgan fingerprint density at radius 3 is 2.84 bits per heavy atom. The van der Waals surface area contributed by atoms with Gasteiger partial charge in [0, 0.05) is 40.7 Å². The highest BCUT2D eigenvalue weighted by Crippen LogP contribution is 2.39. The lowest BCUT2D eigenvalue weighted by molar-refractivity contribution is -0.163. The fourth-order valence-electron chi connectivity index (χ4n) is 4.15. The molecule has 7 nitrogen and oxygen atoms in total. The molecule has 1 amide bonds. The van der Waals surface area contributed by atoms with Crippen molar-refractivity contribution in [3.8, 4) is 16.9 Å². The topological polar surface area (TPSA) is 82.6 Å². The maximum Gasteiger partial charge on any atom is 0.259 e. The van der Waals surface area contributed by atoms with Gasteiger partial charge in [-0.3, -0.25) is 15.1 Å². The van der Waals surface area contributed by atoms with Gasteiger partial charge in [0.2, 0.25) is 0 Å². The molecular weight excluding hydrogens is 414 g/mol. The van der Waals surface area contributed by atoms with E-state index in [1.165, 1.54) is 11.3 Å². The molecule has 1 aliphatic carbocycles. The van der Waals surface area contributed by atoms with Crippen molar-refractivity contribution in [1.82, 2.24) is 9.97 Å². The molecular formula is C23H23N3O4S. The van der Waals surface area contributed by atoms with Gasteiger partial charge in [0.25, 0.3) is 5.91 Å². The molecule has 31 heavy (non-hydrogen) atoms. The third-order valence-corrected chi connectivity index (χ3v) is 6.68. The summed E-state index contributed by atoms with van der Waals surface area (Å²) in [6.07, 6.45) is 3.85. The van der Waals surface area contributed by atoms with Gasteiger partial charge in [-0.1, -0.05) is 18.2 Å². The number of hydrogen-bond acceptors (Lipinski definition) is 7. The van der Waals surface area contributed by atoms with Gasteiger partial charge in [-0.25, -0.2) is 4.98 Å². The first kappa shape index (κ1) is 20.1. The van der Waals surface area contributed by atoms with Crippen molar-refractivity contribution in [2.24, 2.45) is 0 Å². The maximum atomic E-state index is 13.2. The Morgan fingerprint density at radius 1 is 1.23 bits per heavy atom. The van der Waals surface area contributed by atoms with Gasteiger partial charge in [0.1, 0.15) is 5.75 Å². The largest absolute Gasteiger partial charge is 0.496 e. The molecule has 0 atom stereocenters. The first-order chi connectivity index (χ1) is 15.1. The van der Waals surface area contributed by atoms with Crippen LogP contribution in [0.1, 0.15) is 33.0 Å². The summed E-state index contributed by atoms with van der Waals surface area (Å²) in [6, 6.07) is 9.55. The molecule has 3 aromatic rings. The van der Waals surface area contributed by atoms with Crippen molar-refractivity contribution in [3.05, 3.63) is 58.4 Å². The maximum absolute atomic E-state index is 13.2. The lowest BCUT2D eigenvalue weighted by Crippen LogP contribution is -2.36. The molecule has 1 aliphatic heterocycles. The average Bonchev–Trinajstić information content (AvgIpc) is 3.40. The highest BCUT2D eigenvalue weighted by Gasteiger charge is 2.41. The van der Waals surface area contributed by atoms with E-state index in [-0.39, 0.29) is 5.91 Å². The third-order valence-electron chi connectivity index (χ3n) is 5.67. The molecule has 3 heterocycles. The molecule has 1 saturated heterocycles. The van der Waals surface area contributed by atoms with E-state index in [2.05, 4.69) is 15.3 Å². The number of ether oxygens (including phenoxy) is 3. The minimum absolute atomic E-state index is 0.248. The SMILES string of the molecule is COc1ccccc1-c1cc(C)ncc1C(=O)Nc1nc2c(s1)CC1(CC2)OCCO1. The summed E-state index contributed by atoms with van der Waals surface area (Å²) in [6.45, 7) is 3.16. The molecule has 5 rings (SSSR count). The minimum atomic E-state index is -0.515. The van der Waals surface area contributed by atoms with E-state index in [1.54, 1.807) is 13.3 Å². The molecule has 0 saturated carbocycles. The summed E-state index contributed by atoms with van der Waals surface area (Å²) < 4.78 is 17.2. The van der Waals surface area contributed by atoms with Crippen molar-refractivity contribution in [2.75, 3.05) is 25.6 Å². The number of amides is 1. The van der Waals surface area contributed by atoms with Gasteiger partial charge in [0.15, 0.2) is 10.9 Å². The van der Waals surface area contributed by atoms with E-state index in [9.17, 15) is 4.79 Å². The Hall–Kier alpha value is -2.81. The van der Waals surface area contributed by atoms with Gasteiger partial charge in [-0.15, -0.1) is 11.3 Å². The van der Waals surface area contributed by atoms with Crippen LogP contribution < -0.4 is 10.1 Å². The summed E-state index contributed by atoms with van der Waals surface area (Å²) in [5.41, 5.74) is 3.93. The van der Waals surface area contributed by atoms with Gasteiger partial charge in [0.05, 0.1) is 31.6 Å². The van der Waals surface area contributed by atoms with E-state index in [1.807, 2.05) is 37.3 Å². The molecule has 2 aliphatic rings. The standard InChI is InChI=1S/C23H23N3O4S/c1-14-11-16(15-5-3-4-6-19(15)28-2)17(13-24-14)21(27)26-22-25-18-7-8-23(12-20(18)31-22)29-9-10-30-23/h3-6,11,13H,7-10,12H2,1-2H3,(H,25,26,27). The molecule has 2 aromatic heterocycles. The van der Waals surface area contributed by atoms with Crippen LogP contribution >= 0.6 is 11.3 Å². The lowest BCUT2D eigenvalue weighted by Gasteiger charge is -2.30. The van der Waals surface area contributed by atoms with Crippen molar-refractivity contribution < 1.29 is 19.0 Å². The van der Waals surface area contributed by atoms with Crippen molar-refractivity contribution in [2.45, 2.75) is 32.0 Å². The molecule has 0 bridgehead atoms. The Labute approximate surface area is 184 Å². The van der Waals surface area contributed by atoms with E-state index < -0.39 is 5.79 Å². The predicted octanol–water partition coefficient (Wildman–Crippen LogP) is 4.01. The fourth-order valence-corrected chi connectivity index (χ4v) is 5.24. The normalized spacial score (nSPS) is 16.8. The zero-order chi connectivity index (χ0) is 21.4. The van der Waals surface area contributed by atoms with Crippen LogP contribution in [0, 0.1) is 6.92 Å². The first-order valence-electron chi connectivity index (χ1n) is 10.2. The van der Waals surface area contributed by atoms with Crippen LogP contribution in [0.5, 0.6) is 5.75 Å². The molecule has 8 heteroatoms. The molecule has 1 spiro atoms. The Morgan fingerprint density at radius 2 is 2.03 bits per heavy atom. The number of pyridine rings is 1. The number of fused-ring (bicyclic) bond motifs is 1. The zero-order valence-electron chi connectivity index (χ0n) is 17.4. The Bertz CT molecular complexity index is 1140. The van der Waals surface area contributed by atoms with Crippen LogP contribution in [0.3, 0.4) is 0 Å². The van der Waals surface area contributed by atoms with Crippen LogP contribution in [-0.2, 0) is 22.3 Å². The quantitative estimate of drug-likeness (QED) is 0.664. The second-order valence-electron chi connectivity index (χ2n) is 7.70. The number of aromatic nitrogens is 2. The van der Waals surface area contributed by atoms with Crippen LogP contribution in [0.15, 0.2) is 36.5 Å². The summed E-state index contributed by atoms with van der Waals surface area (Å²) in [7, 11) is 1.62. The summed E-state index contributed by atoms with van der Waals surface area (Å²) in [5.74, 6) is -0.0602. The van der Waals surface area contributed by atoms with Crippen molar-refractivity contribution >= 4 is 22.4 Å². The number of benzene rings is 1. The van der Waals surface area contributed by atoms with Gasteiger partial charge in [-0.05, 0) is 25.5 Å². The second kappa shape index (κ2) is 8.03. The molecule has 1 N–H and O–H groups in total. The Balaban J connectivity index is 1.43. The van der Waals surface area contributed by atoms with E-state index in [0.29, 0.717) is 36.1 Å². The van der Waals surface area contributed by atoms with Crippen LogP contribution in [-0.4, -0.2) is 42.0 Å². The number of para-hydroxylation sites is 1. The van der Waals surface area contributed by atoms with Gasteiger partial charge < -0.3 is 14.2 Å². The van der Waals surface area contributed by atoms with E-state index >= 15 is 0 Å². The number of hydrogen-bond donors (Lipinski definition) is 1. The number of thiazole rings is 1. The minimum Gasteiger partial charge on any atom is -0.496 e. The predicted molar refractivity (Wildman–Crippen MR) is 118 cm³/mol. The van der Waals surface area contributed by atoms with Gasteiger partial charge in [-0.2, -0.15) is 0 Å². The smallest absolute Gasteiger partial charge is 0.259 e. The summed E-state index contributed by atoms with van der Waals surface area (Å²) >= 11 is 1.48. The van der Waals surface area contributed by atoms with Crippen molar-refractivity contribution in [3.63, 3.8) is 0 Å². The first-order valence-corrected chi connectivity index (χ1v) is 11.1. The number of carbonyl (C=O) groups excluding carboxylic acids is 1. The van der Waals surface area contributed by atoms with E-state index in [4.69, 9.17) is 14.2 Å². The second-order valence-corrected chi connectivity index (χ2v) is 8.78. The Kier molecular flexibility index (Phi) is 5.21. The average molecular weight is 438 g/mol. The highest BCUT2D eigenvalue weighted by atomic mass is 32.1.